The summed E-state index contributed by atoms with van der Waals surface area (Å²) < 4.78 is 5.35. The Labute approximate surface area is 173 Å². The first kappa shape index (κ1) is 21.6. The third-order valence-electron chi connectivity index (χ3n) is 5.76. The highest BCUT2D eigenvalue weighted by Crippen LogP contribution is 2.21. The van der Waals surface area contributed by atoms with Crippen LogP contribution in [0, 0.1) is 12.8 Å². The number of carbonyl (C=O) groups excluding carboxylic acids is 2. The molecule has 0 spiro atoms. The van der Waals surface area contributed by atoms with E-state index >= 15 is 0 Å². The summed E-state index contributed by atoms with van der Waals surface area (Å²) in [6.07, 6.45) is 3.29. The maximum atomic E-state index is 12.4. The van der Waals surface area contributed by atoms with Crippen LogP contribution in [-0.4, -0.2) is 74.2 Å². The molecule has 2 N–H and O–H groups in total. The number of likely N-dealkylation sites (tertiary alicyclic amines) is 1. The third-order valence-corrected chi connectivity index (χ3v) is 5.76. The molecule has 0 bridgehead atoms. The lowest BCUT2D eigenvalue weighted by Crippen LogP contribution is -2.42. The molecule has 0 saturated carbocycles. The van der Waals surface area contributed by atoms with E-state index < -0.39 is 0 Å². The van der Waals surface area contributed by atoms with Crippen LogP contribution in [0.15, 0.2) is 24.3 Å². The number of piperidine rings is 1. The van der Waals surface area contributed by atoms with Crippen molar-refractivity contribution in [3.63, 3.8) is 0 Å². The molecule has 2 aliphatic rings. The second-order valence-electron chi connectivity index (χ2n) is 8.09. The average molecular weight is 403 g/mol. The van der Waals surface area contributed by atoms with Crippen molar-refractivity contribution in [3.8, 4) is 0 Å². The van der Waals surface area contributed by atoms with Gasteiger partial charge in [0.25, 0.3) is 0 Å². The van der Waals surface area contributed by atoms with Crippen molar-refractivity contribution >= 4 is 17.6 Å². The van der Waals surface area contributed by atoms with E-state index in [1.165, 1.54) is 5.56 Å². The molecule has 7 nitrogen and oxygen atoms in total. The van der Waals surface area contributed by atoms with Gasteiger partial charge in [0.1, 0.15) is 0 Å². The van der Waals surface area contributed by atoms with Crippen LogP contribution in [0.1, 0.15) is 31.2 Å². The number of hydrogen-bond acceptors (Lipinski definition) is 4. The Balaban J connectivity index is 1.28. The number of urea groups is 1. The van der Waals surface area contributed by atoms with Gasteiger partial charge < -0.3 is 20.3 Å². The second kappa shape index (κ2) is 11.2. The number of benzene rings is 1. The molecule has 2 fully saturated rings. The Hall–Kier alpha value is -2.12. The van der Waals surface area contributed by atoms with Crippen LogP contribution in [0.2, 0.25) is 0 Å². The fraction of sp³-hybridized carbons (Fsp3) is 0.636. The summed E-state index contributed by atoms with van der Waals surface area (Å²) in [7, 11) is 0. The molecule has 1 aromatic carbocycles. The minimum absolute atomic E-state index is 0.0557. The first-order chi connectivity index (χ1) is 14.1. The molecule has 29 heavy (non-hydrogen) atoms. The number of hydrogen-bond donors (Lipinski definition) is 2. The SMILES string of the molecule is Cc1ccc(NC(=O)N2CCC(CC(=O)NCCCN3CCOCC3)CC2)cc1. The number of carbonyl (C=O) groups is 2. The summed E-state index contributed by atoms with van der Waals surface area (Å²) in [6, 6.07) is 7.76. The van der Waals surface area contributed by atoms with Crippen molar-refractivity contribution in [3.05, 3.63) is 29.8 Å². The zero-order chi connectivity index (χ0) is 20.5. The van der Waals surface area contributed by atoms with Crippen molar-refractivity contribution in [2.75, 3.05) is 57.8 Å². The van der Waals surface area contributed by atoms with E-state index in [9.17, 15) is 9.59 Å². The highest BCUT2D eigenvalue weighted by molar-refractivity contribution is 5.89. The van der Waals surface area contributed by atoms with Gasteiger partial charge in [0.2, 0.25) is 5.91 Å². The molecule has 3 rings (SSSR count). The number of aryl methyl sites for hydroxylation is 1. The van der Waals surface area contributed by atoms with Gasteiger partial charge in [-0.3, -0.25) is 9.69 Å². The predicted molar refractivity (Wildman–Crippen MR) is 114 cm³/mol. The average Bonchev–Trinajstić information content (AvgIpc) is 2.74. The Morgan fingerprint density at radius 1 is 1.07 bits per heavy atom. The lowest BCUT2D eigenvalue weighted by molar-refractivity contribution is -0.122. The van der Waals surface area contributed by atoms with Crippen molar-refractivity contribution < 1.29 is 14.3 Å². The fourth-order valence-corrected chi connectivity index (χ4v) is 3.87. The molecule has 2 heterocycles. The highest BCUT2D eigenvalue weighted by Gasteiger charge is 2.24. The molecule has 2 saturated heterocycles. The Morgan fingerprint density at radius 3 is 2.45 bits per heavy atom. The summed E-state index contributed by atoms with van der Waals surface area (Å²) in [5, 5.41) is 6.00. The first-order valence-electron chi connectivity index (χ1n) is 10.8. The quantitative estimate of drug-likeness (QED) is 0.687. The van der Waals surface area contributed by atoms with E-state index in [0.29, 0.717) is 25.4 Å². The number of nitrogens with zero attached hydrogens (tertiary/aromatic N) is 2. The van der Waals surface area contributed by atoms with Crippen LogP contribution in [0.4, 0.5) is 10.5 Å². The number of rotatable bonds is 7. The lowest BCUT2D eigenvalue weighted by atomic mass is 9.93. The molecule has 0 atom stereocenters. The lowest BCUT2D eigenvalue weighted by Gasteiger charge is -2.31. The zero-order valence-electron chi connectivity index (χ0n) is 17.5. The van der Waals surface area contributed by atoms with Crippen LogP contribution in [0.3, 0.4) is 0 Å². The zero-order valence-corrected chi connectivity index (χ0v) is 17.5. The molecular formula is C22H34N4O3. The fourth-order valence-electron chi connectivity index (χ4n) is 3.87. The van der Waals surface area contributed by atoms with E-state index in [1.807, 2.05) is 36.1 Å². The normalized spacial score (nSPS) is 18.4. The molecule has 7 heteroatoms. The van der Waals surface area contributed by atoms with Crippen molar-refractivity contribution in [1.29, 1.82) is 0 Å². The minimum Gasteiger partial charge on any atom is -0.379 e. The summed E-state index contributed by atoms with van der Waals surface area (Å²) in [4.78, 5) is 28.8. The van der Waals surface area contributed by atoms with E-state index in [0.717, 1.165) is 64.3 Å². The van der Waals surface area contributed by atoms with Gasteiger partial charge in [-0.25, -0.2) is 4.79 Å². The van der Waals surface area contributed by atoms with E-state index in [2.05, 4.69) is 15.5 Å². The Kier molecular flexibility index (Phi) is 8.31. The Bertz CT molecular complexity index is 651. The van der Waals surface area contributed by atoms with Gasteiger partial charge in [-0.05, 0) is 50.8 Å². The van der Waals surface area contributed by atoms with E-state index in [4.69, 9.17) is 4.74 Å². The summed E-state index contributed by atoms with van der Waals surface area (Å²) in [6.45, 7) is 8.78. The molecule has 160 valence electrons. The molecule has 0 aliphatic carbocycles. The van der Waals surface area contributed by atoms with Crippen molar-refractivity contribution in [2.45, 2.75) is 32.6 Å². The molecule has 2 aliphatic heterocycles. The minimum atomic E-state index is -0.0557. The van der Waals surface area contributed by atoms with Gasteiger partial charge in [0.05, 0.1) is 13.2 Å². The Morgan fingerprint density at radius 2 is 1.76 bits per heavy atom. The first-order valence-corrected chi connectivity index (χ1v) is 10.8. The molecule has 3 amide bonds. The maximum Gasteiger partial charge on any atom is 0.321 e. The van der Waals surface area contributed by atoms with Gasteiger partial charge in [0, 0.05) is 44.8 Å². The number of amides is 3. The molecule has 0 radical (unpaired) electrons. The summed E-state index contributed by atoms with van der Waals surface area (Å²) in [5.74, 6) is 0.493. The van der Waals surface area contributed by atoms with Gasteiger partial charge in [-0.1, -0.05) is 17.7 Å². The smallest absolute Gasteiger partial charge is 0.321 e. The summed E-state index contributed by atoms with van der Waals surface area (Å²) in [5.41, 5.74) is 1.99. The largest absolute Gasteiger partial charge is 0.379 e. The monoisotopic (exact) mass is 402 g/mol. The molecular weight excluding hydrogens is 368 g/mol. The van der Waals surface area contributed by atoms with Crippen LogP contribution in [0.5, 0.6) is 0 Å². The number of ether oxygens (including phenoxy) is 1. The molecule has 0 unspecified atom stereocenters. The van der Waals surface area contributed by atoms with Gasteiger partial charge in [0.15, 0.2) is 0 Å². The van der Waals surface area contributed by atoms with Gasteiger partial charge >= 0.3 is 6.03 Å². The van der Waals surface area contributed by atoms with Crippen LogP contribution < -0.4 is 10.6 Å². The predicted octanol–water partition coefficient (Wildman–Crippen LogP) is 2.47. The maximum absolute atomic E-state index is 12.4. The molecule has 1 aromatic rings. The second-order valence-corrected chi connectivity index (χ2v) is 8.09. The number of anilines is 1. The van der Waals surface area contributed by atoms with Gasteiger partial charge in [-0.2, -0.15) is 0 Å². The van der Waals surface area contributed by atoms with E-state index in [-0.39, 0.29) is 11.9 Å². The summed E-state index contributed by atoms with van der Waals surface area (Å²) >= 11 is 0. The van der Waals surface area contributed by atoms with Gasteiger partial charge in [-0.15, -0.1) is 0 Å². The highest BCUT2D eigenvalue weighted by atomic mass is 16.5. The third kappa shape index (κ3) is 7.33. The van der Waals surface area contributed by atoms with Crippen LogP contribution in [-0.2, 0) is 9.53 Å². The standard InChI is InChI=1S/C22H34N4O3/c1-18-3-5-20(6-4-18)24-22(28)26-11-7-19(8-12-26)17-21(27)23-9-2-10-25-13-15-29-16-14-25/h3-6,19H,2,7-17H2,1H3,(H,23,27)(H,24,28). The number of morpholine rings is 1. The van der Waals surface area contributed by atoms with Crippen molar-refractivity contribution in [1.82, 2.24) is 15.1 Å². The topological polar surface area (TPSA) is 73.9 Å². The van der Waals surface area contributed by atoms with Crippen LogP contribution >= 0.6 is 0 Å². The number of nitrogens with one attached hydrogen (secondary N) is 2. The van der Waals surface area contributed by atoms with Crippen LogP contribution in [0.25, 0.3) is 0 Å². The molecule has 0 aromatic heterocycles. The van der Waals surface area contributed by atoms with E-state index in [1.54, 1.807) is 0 Å². The van der Waals surface area contributed by atoms with Crippen molar-refractivity contribution in [2.24, 2.45) is 5.92 Å².